The summed E-state index contributed by atoms with van der Waals surface area (Å²) in [7, 11) is 0. The lowest BCUT2D eigenvalue weighted by Gasteiger charge is -2.18. The number of allylic oxidation sites excluding steroid dienone is 2. The molecule has 5 nitrogen and oxygen atoms in total. The van der Waals surface area contributed by atoms with Crippen molar-refractivity contribution >= 4 is 40.7 Å². The quantitative estimate of drug-likeness (QED) is 0.619. The molecule has 0 spiro atoms. The molecular formula is C23H19ClN2O3. The second-order valence-corrected chi connectivity index (χ2v) is 8.29. The zero-order chi connectivity index (χ0) is 20.1. The third-order valence-corrected chi connectivity index (χ3v) is 6.48. The number of hydrogen-bond donors (Lipinski definition) is 1. The number of benzene rings is 2. The SMILES string of the molecule is O=C(Cc1ccccc1)Nc1ccc(N2C(=O)[C@@H]3[C@H](C2=O)[C@H]2C=C[C@H]3C2)cc1Cl. The van der Waals surface area contributed by atoms with Crippen LogP contribution in [-0.4, -0.2) is 17.7 Å². The zero-order valence-electron chi connectivity index (χ0n) is 15.5. The van der Waals surface area contributed by atoms with Gasteiger partial charge in [0.2, 0.25) is 17.7 Å². The minimum atomic E-state index is -0.249. The van der Waals surface area contributed by atoms with Crippen molar-refractivity contribution in [3.8, 4) is 0 Å². The molecule has 0 unspecified atom stereocenters. The van der Waals surface area contributed by atoms with Gasteiger partial charge in [0, 0.05) is 0 Å². The maximum Gasteiger partial charge on any atom is 0.238 e. The van der Waals surface area contributed by atoms with Crippen LogP contribution in [0.15, 0.2) is 60.7 Å². The van der Waals surface area contributed by atoms with Gasteiger partial charge in [-0.3, -0.25) is 14.4 Å². The molecule has 2 aromatic rings. The Bertz CT molecular complexity index is 1020. The summed E-state index contributed by atoms with van der Waals surface area (Å²) in [6.45, 7) is 0. The fraction of sp³-hybridized carbons (Fsp3) is 0.261. The van der Waals surface area contributed by atoms with Crippen molar-refractivity contribution in [2.75, 3.05) is 10.2 Å². The Morgan fingerprint density at radius 1 is 1.00 bits per heavy atom. The molecule has 146 valence electrons. The van der Waals surface area contributed by atoms with Crippen molar-refractivity contribution in [1.29, 1.82) is 0 Å². The monoisotopic (exact) mass is 406 g/mol. The first-order valence-corrected chi connectivity index (χ1v) is 10.1. The Hall–Kier alpha value is -2.92. The van der Waals surface area contributed by atoms with Gasteiger partial charge in [-0.15, -0.1) is 0 Å². The van der Waals surface area contributed by atoms with Gasteiger partial charge in [0.25, 0.3) is 0 Å². The smallest absolute Gasteiger partial charge is 0.238 e. The van der Waals surface area contributed by atoms with Crippen LogP contribution in [0.2, 0.25) is 5.02 Å². The van der Waals surface area contributed by atoms with Gasteiger partial charge in [-0.1, -0.05) is 54.1 Å². The van der Waals surface area contributed by atoms with Crippen LogP contribution in [0.25, 0.3) is 0 Å². The van der Waals surface area contributed by atoms with E-state index < -0.39 is 0 Å². The highest BCUT2D eigenvalue weighted by Gasteiger charge is 2.59. The lowest BCUT2D eigenvalue weighted by molar-refractivity contribution is -0.123. The van der Waals surface area contributed by atoms with E-state index in [4.69, 9.17) is 11.6 Å². The van der Waals surface area contributed by atoms with Gasteiger partial charge in [-0.25, -0.2) is 4.90 Å². The minimum absolute atomic E-state index is 0.145. The van der Waals surface area contributed by atoms with Gasteiger partial charge < -0.3 is 5.32 Å². The van der Waals surface area contributed by atoms with Gasteiger partial charge in [-0.05, 0) is 42.0 Å². The van der Waals surface area contributed by atoms with E-state index in [-0.39, 0.29) is 47.8 Å². The highest BCUT2D eigenvalue weighted by atomic mass is 35.5. The van der Waals surface area contributed by atoms with Gasteiger partial charge >= 0.3 is 0 Å². The van der Waals surface area contributed by atoms with Crippen LogP contribution < -0.4 is 10.2 Å². The van der Waals surface area contributed by atoms with Crippen LogP contribution in [0.1, 0.15) is 12.0 Å². The van der Waals surface area contributed by atoms with Gasteiger partial charge in [0.15, 0.2) is 0 Å². The topological polar surface area (TPSA) is 66.5 Å². The number of nitrogens with zero attached hydrogens (tertiary/aromatic N) is 1. The Balaban J connectivity index is 1.33. The molecule has 0 aromatic heterocycles. The maximum absolute atomic E-state index is 12.9. The Morgan fingerprint density at radius 2 is 1.66 bits per heavy atom. The number of fused-ring (bicyclic) bond motifs is 5. The van der Waals surface area contributed by atoms with Crippen LogP contribution in [0.4, 0.5) is 11.4 Å². The Kier molecular flexibility index (Phi) is 4.28. The second kappa shape index (κ2) is 6.85. The van der Waals surface area contributed by atoms with Crippen LogP contribution in [0.5, 0.6) is 0 Å². The first-order chi connectivity index (χ1) is 14.0. The summed E-state index contributed by atoms with van der Waals surface area (Å²) in [4.78, 5) is 39.4. The van der Waals surface area contributed by atoms with Crippen LogP contribution in [0.3, 0.4) is 0 Å². The Labute approximate surface area is 173 Å². The van der Waals surface area contributed by atoms with E-state index in [9.17, 15) is 14.4 Å². The number of carbonyl (C=O) groups is 3. The molecule has 2 aliphatic carbocycles. The fourth-order valence-electron chi connectivity index (χ4n) is 4.88. The van der Waals surface area contributed by atoms with E-state index in [0.717, 1.165) is 12.0 Å². The van der Waals surface area contributed by atoms with Gasteiger partial charge in [0.1, 0.15) is 0 Å². The molecule has 1 N–H and O–H groups in total. The molecule has 29 heavy (non-hydrogen) atoms. The van der Waals surface area contributed by atoms with E-state index >= 15 is 0 Å². The van der Waals surface area contributed by atoms with E-state index in [1.807, 2.05) is 30.3 Å². The summed E-state index contributed by atoms with van der Waals surface area (Å²) in [6, 6.07) is 14.3. The first-order valence-electron chi connectivity index (χ1n) is 9.72. The number of halogens is 1. The van der Waals surface area contributed by atoms with Gasteiger partial charge in [0.05, 0.1) is 34.7 Å². The summed E-state index contributed by atoms with van der Waals surface area (Å²) < 4.78 is 0. The Morgan fingerprint density at radius 3 is 2.28 bits per heavy atom. The molecule has 1 saturated heterocycles. The molecular weight excluding hydrogens is 388 g/mol. The third kappa shape index (κ3) is 2.97. The molecule has 0 radical (unpaired) electrons. The number of amides is 3. The van der Waals surface area contributed by atoms with E-state index in [1.54, 1.807) is 18.2 Å². The average molecular weight is 407 g/mol. The van der Waals surface area contributed by atoms with Gasteiger partial charge in [-0.2, -0.15) is 0 Å². The van der Waals surface area contributed by atoms with Crippen molar-refractivity contribution in [2.24, 2.45) is 23.7 Å². The second-order valence-electron chi connectivity index (χ2n) is 7.89. The average Bonchev–Trinajstić information content (AvgIpc) is 3.38. The summed E-state index contributed by atoms with van der Waals surface area (Å²) >= 11 is 6.36. The molecule has 3 amide bonds. The molecule has 6 heteroatoms. The fourth-order valence-corrected chi connectivity index (χ4v) is 5.10. The summed E-state index contributed by atoms with van der Waals surface area (Å²) in [6.07, 6.45) is 5.27. The molecule has 1 saturated carbocycles. The number of anilines is 2. The van der Waals surface area contributed by atoms with E-state index in [2.05, 4.69) is 17.5 Å². The van der Waals surface area contributed by atoms with Crippen LogP contribution in [0, 0.1) is 23.7 Å². The number of imide groups is 1. The number of hydrogen-bond acceptors (Lipinski definition) is 3. The van der Waals surface area contributed by atoms with Crippen molar-refractivity contribution in [1.82, 2.24) is 0 Å². The van der Waals surface area contributed by atoms with E-state index in [0.29, 0.717) is 16.4 Å². The van der Waals surface area contributed by atoms with Crippen molar-refractivity contribution < 1.29 is 14.4 Å². The largest absolute Gasteiger partial charge is 0.324 e. The molecule has 1 aliphatic heterocycles. The lowest BCUT2D eigenvalue weighted by Crippen LogP contribution is -2.32. The van der Waals surface area contributed by atoms with Crippen LogP contribution in [-0.2, 0) is 20.8 Å². The number of nitrogens with one attached hydrogen (secondary N) is 1. The van der Waals surface area contributed by atoms with Crippen molar-refractivity contribution in [3.05, 3.63) is 71.3 Å². The standard InChI is InChI=1S/C23H19ClN2O3/c24-17-12-16(8-9-18(17)25-19(27)10-13-4-2-1-3-5-13)26-22(28)20-14-6-7-15(11-14)21(20)23(26)29/h1-9,12,14-15,20-21H,10-11H2,(H,25,27)/t14-,15-,20-,21+/m0/s1. The molecule has 5 rings (SSSR count). The summed E-state index contributed by atoms with van der Waals surface area (Å²) in [5.74, 6) is -0.640. The third-order valence-electron chi connectivity index (χ3n) is 6.16. The number of carbonyl (C=O) groups excluding carboxylic acids is 3. The highest BCUT2D eigenvalue weighted by molar-refractivity contribution is 6.34. The predicted octanol–water partition coefficient (Wildman–Crippen LogP) is 3.83. The normalized spacial score (nSPS) is 26.9. The summed E-state index contributed by atoms with van der Waals surface area (Å²) in [5.41, 5.74) is 1.82. The summed E-state index contributed by atoms with van der Waals surface area (Å²) in [5, 5.41) is 3.09. The molecule has 2 fully saturated rings. The number of rotatable bonds is 4. The maximum atomic E-state index is 12.9. The molecule has 3 aliphatic rings. The van der Waals surface area contributed by atoms with Crippen LogP contribution >= 0.6 is 11.6 Å². The molecule has 2 bridgehead atoms. The zero-order valence-corrected chi connectivity index (χ0v) is 16.3. The highest BCUT2D eigenvalue weighted by Crippen LogP contribution is 2.53. The van der Waals surface area contributed by atoms with Crippen molar-refractivity contribution in [3.63, 3.8) is 0 Å². The molecule has 4 atom stereocenters. The van der Waals surface area contributed by atoms with Crippen molar-refractivity contribution in [2.45, 2.75) is 12.8 Å². The predicted molar refractivity (Wildman–Crippen MR) is 110 cm³/mol. The molecule has 1 heterocycles. The first kappa shape index (κ1) is 18.1. The lowest BCUT2D eigenvalue weighted by atomic mass is 9.85. The van der Waals surface area contributed by atoms with E-state index in [1.165, 1.54) is 4.90 Å². The molecule has 2 aromatic carbocycles. The minimum Gasteiger partial charge on any atom is -0.324 e.